The topological polar surface area (TPSA) is 81.4 Å². The van der Waals surface area contributed by atoms with Crippen molar-refractivity contribution in [3.05, 3.63) is 17.7 Å². The quantitative estimate of drug-likeness (QED) is 0.594. The number of nitrogens with two attached hydrogens (primary N) is 1. The molecule has 0 radical (unpaired) electrons. The Kier molecular flexibility index (Phi) is 5.62. The molecule has 1 rings (SSSR count). The van der Waals surface area contributed by atoms with Crippen LogP contribution < -0.4 is 15.2 Å². The third-order valence-corrected chi connectivity index (χ3v) is 4.40. The van der Waals surface area contributed by atoms with Crippen molar-refractivity contribution in [2.45, 2.75) is 38.0 Å². The number of aryl methyl sites for hydroxylation is 1. The van der Waals surface area contributed by atoms with E-state index in [1.807, 2.05) is 6.92 Å². The van der Waals surface area contributed by atoms with E-state index in [-0.39, 0.29) is 4.90 Å². The Morgan fingerprint density at radius 2 is 2.00 bits per heavy atom. The number of nitrogen functional groups attached to an aromatic ring is 1. The first kappa shape index (κ1) is 15.8. The zero-order valence-electron chi connectivity index (χ0n) is 11.7. The molecule has 0 bridgehead atoms. The third kappa shape index (κ3) is 4.11. The maximum atomic E-state index is 12.2. The van der Waals surface area contributed by atoms with Gasteiger partial charge in [0.1, 0.15) is 10.6 Å². The van der Waals surface area contributed by atoms with Gasteiger partial charge in [0, 0.05) is 12.2 Å². The standard InChI is InChI=1S/C13H22N2O3S/c1-4-5-6-7-15-19(16,17)13-9-11(14)10(2)8-12(13)18-3/h8-9,15H,4-7,14H2,1-3H3. The number of unbranched alkanes of at least 4 members (excludes halogenated alkanes) is 2. The van der Waals surface area contributed by atoms with Crippen molar-refractivity contribution in [2.75, 3.05) is 19.4 Å². The van der Waals surface area contributed by atoms with Gasteiger partial charge in [0.2, 0.25) is 10.0 Å². The highest BCUT2D eigenvalue weighted by molar-refractivity contribution is 7.89. The minimum Gasteiger partial charge on any atom is -0.495 e. The molecule has 0 saturated carbocycles. The maximum Gasteiger partial charge on any atom is 0.244 e. The molecule has 0 fully saturated rings. The summed E-state index contributed by atoms with van der Waals surface area (Å²) >= 11 is 0. The van der Waals surface area contributed by atoms with Crippen LogP contribution in [-0.2, 0) is 10.0 Å². The van der Waals surface area contributed by atoms with Gasteiger partial charge in [-0.15, -0.1) is 0 Å². The minimum absolute atomic E-state index is 0.0922. The van der Waals surface area contributed by atoms with Crippen LogP contribution in [0.4, 0.5) is 5.69 Å². The van der Waals surface area contributed by atoms with Gasteiger partial charge in [-0.25, -0.2) is 13.1 Å². The van der Waals surface area contributed by atoms with Gasteiger partial charge in [0.15, 0.2) is 0 Å². The molecule has 0 aromatic heterocycles. The molecule has 0 heterocycles. The van der Waals surface area contributed by atoms with Crippen LogP contribution in [0.1, 0.15) is 31.7 Å². The maximum absolute atomic E-state index is 12.2. The second-order valence-electron chi connectivity index (χ2n) is 4.46. The second-order valence-corrected chi connectivity index (χ2v) is 6.20. The Labute approximate surface area is 115 Å². The number of hydrogen-bond acceptors (Lipinski definition) is 4. The van der Waals surface area contributed by atoms with E-state index in [2.05, 4.69) is 11.6 Å². The summed E-state index contributed by atoms with van der Waals surface area (Å²) in [5.74, 6) is 0.315. The molecule has 108 valence electrons. The average molecular weight is 286 g/mol. The summed E-state index contributed by atoms with van der Waals surface area (Å²) in [6.45, 7) is 4.30. The van der Waals surface area contributed by atoms with Crippen LogP contribution in [-0.4, -0.2) is 22.1 Å². The molecule has 1 aromatic carbocycles. The molecular weight excluding hydrogens is 264 g/mol. The van der Waals surface area contributed by atoms with Gasteiger partial charge in [0.05, 0.1) is 7.11 Å². The van der Waals surface area contributed by atoms with Crippen molar-refractivity contribution < 1.29 is 13.2 Å². The zero-order valence-corrected chi connectivity index (χ0v) is 12.5. The van der Waals surface area contributed by atoms with E-state index in [0.29, 0.717) is 18.0 Å². The number of hydrogen-bond donors (Lipinski definition) is 2. The van der Waals surface area contributed by atoms with Gasteiger partial charge >= 0.3 is 0 Å². The van der Waals surface area contributed by atoms with Crippen LogP contribution in [0.25, 0.3) is 0 Å². The summed E-state index contributed by atoms with van der Waals surface area (Å²) in [6, 6.07) is 3.08. The number of methoxy groups -OCH3 is 1. The molecule has 6 heteroatoms. The summed E-state index contributed by atoms with van der Waals surface area (Å²) in [5.41, 5.74) is 7.00. The van der Waals surface area contributed by atoms with E-state index in [0.717, 1.165) is 24.8 Å². The average Bonchev–Trinajstić information content (AvgIpc) is 2.37. The van der Waals surface area contributed by atoms with Crippen molar-refractivity contribution in [2.24, 2.45) is 0 Å². The Morgan fingerprint density at radius 3 is 2.58 bits per heavy atom. The predicted molar refractivity (Wildman–Crippen MR) is 76.9 cm³/mol. The van der Waals surface area contributed by atoms with Crippen LogP contribution in [0.15, 0.2) is 17.0 Å². The molecule has 0 atom stereocenters. The summed E-state index contributed by atoms with van der Waals surface area (Å²) in [5, 5.41) is 0. The predicted octanol–water partition coefficient (Wildman–Crippen LogP) is 2.05. The summed E-state index contributed by atoms with van der Waals surface area (Å²) < 4.78 is 32.1. The molecule has 3 N–H and O–H groups in total. The van der Waals surface area contributed by atoms with Crippen molar-refractivity contribution in [1.29, 1.82) is 0 Å². The van der Waals surface area contributed by atoms with Crippen molar-refractivity contribution >= 4 is 15.7 Å². The van der Waals surface area contributed by atoms with E-state index in [1.165, 1.54) is 13.2 Å². The number of nitrogens with one attached hydrogen (secondary N) is 1. The van der Waals surface area contributed by atoms with Gasteiger partial charge in [-0.3, -0.25) is 0 Å². The highest BCUT2D eigenvalue weighted by Crippen LogP contribution is 2.28. The van der Waals surface area contributed by atoms with E-state index in [9.17, 15) is 8.42 Å². The largest absolute Gasteiger partial charge is 0.495 e. The molecule has 0 saturated heterocycles. The summed E-state index contributed by atoms with van der Waals surface area (Å²) in [7, 11) is -2.13. The smallest absolute Gasteiger partial charge is 0.244 e. The van der Waals surface area contributed by atoms with E-state index in [1.54, 1.807) is 6.07 Å². The number of benzene rings is 1. The third-order valence-electron chi connectivity index (χ3n) is 2.91. The fraction of sp³-hybridized carbons (Fsp3) is 0.538. The molecule has 0 amide bonds. The molecule has 5 nitrogen and oxygen atoms in total. The fourth-order valence-electron chi connectivity index (χ4n) is 1.71. The lowest BCUT2D eigenvalue weighted by molar-refractivity contribution is 0.402. The minimum atomic E-state index is -3.58. The van der Waals surface area contributed by atoms with E-state index >= 15 is 0 Å². The van der Waals surface area contributed by atoms with Crippen molar-refractivity contribution in [3.8, 4) is 5.75 Å². The Bertz CT molecular complexity index is 527. The van der Waals surface area contributed by atoms with E-state index in [4.69, 9.17) is 10.5 Å². The van der Waals surface area contributed by atoms with E-state index < -0.39 is 10.0 Å². The molecule has 0 aliphatic heterocycles. The fourth-order valence-corrected chi connectivity index (χ4v) is 2.96. The van der Waals surface area contributed by atoms with Gasteiger partial charge in [-0.1, -0.05) is 19.8 Å². The highest BCUT2D eigenvalue weighted by Gasteiger charge is 2.20. The lowest BCUT2D eigenvalue weighted by atomic mass is 10.2. The molecule has 0 aliphatic carbocycles. The first-order chi connectivity index (χ1) is 8.92. The van der Waals surface area contributed by atoms with Gasteiger partial charge in [-0.2, -0.15) is 0 Å². The SMILES string of the molecule is CCCCCNS(=O)(=O)c1cc(N)c(C)cc1OC. The highest BCUT2D eigenvalue weighted by atomic mass is 32.2. The van der Waals surface area contributed by atoms with Crippen LogP contribution in [0.3, 0.4) is 0 Å². The van der Waals surface area contributed by atoms with Crippen LogP contribution >= 0.6 is 0 Å². The number of rotatable bonds is 7. The van der Waals surface area contributed by atoms with Crippen LogP contribution in [0.5, 0.6) is 5.75 Å². The van der Waals surface area contributed by atoms with Crippen molar-refractivity contribution in [3.63, 3.8) is 0 Å². The van der Waals surface area contributed by atoms with Crippen LogP contribution in [0, 0.1) is 6.92 Å². The van der Waals surface area contributed by atoms with Crippen LogP contribution in [0.2, 0.25) is 0 Å². The number of anilines is 1. The van der Waals surface area contributed by atoms with Gasteiger partial charge in [0.25, 0.3) is 0 Å². The molecule has 1 aromatic rings. The summed E-state index contributed by atoms with van der Waals surface area (Å²) in [4.78, 5) is 0.0922. The molecule has 0 spiro atoms. The van der Waals surface area contributed by atoms with Gasteiger partial charge < -0.3 is 10.5 Å². The number of ether oxygens (including phenoxy) is 1. The molecule has 19 heavy (non-hydrogen) atoms. The Balaban J connectivity index is 2.97. The Hall–Kier alpha value is -1.27. The molecule has 0 aliphatic rings. The lowest BCUT2D eigenvalue weighted by Gasteiger charge is -2.13. The summed E-state index contributed by atoms with van der Waals surface area (Å²) in [6.07, 6.45) is 2.86. The monoisotopic (exact) mass is 286 g/mol. The Morgan fingerprint density at radius 1 is 1.32 bits per heavy atom. The molecule has 0 unspecified atom stereocenters. The first-order valence-corrected chi connectivity index (χ1v) is 7.84. The van der Waals surface area contributed by atoms with Crippen molar-refractivity contribution in [1.82, 2.24) is 4.72 Å². The molecular formula is C13H22N2O3S. The zero-order chi connectivity index (χ0) is 14.5. The normalized spacial score (nSPS) is 11.5. The lowest BCUT2D eigenvalue weighted by Crippen LogP contribution is -2.25. The first-order valence-electron chi connectivity index (χ1n) is 6.36. The number of sulfonamides is 1. The second kappa shape index (κ2) is 6.77. The van der Waals surface area contributed by atoms with Gasteiger partial charge in [-0.05, 0) is 31.0 Å².